The van der Waals surface area contributed by atoms with Gasteiger partial charge in [0.15, 0.2) is 0 Å². The van der Waals surface area contributed by atoms with Crippen LogP contribution in [0.5, 0.6) is 0 Å². The zero-order valence-corrected chi connectivity index (χ0v) is 10.3. The van der Waals surface area contributed by atoms with Crippen molar-refractivity contribution in [3.63, 3.8) is 0 Å². The quantitative estimate of drug-likeness (QED) is 0.892. The second kappa shape index (κ2) is 5.16. The molecule has 0 unspecified atom stereocenters. The second-order valence-electron chi connectivity index (χ2n) is 3.89. The molecule has 0 aliphatic heterocycles. The van der Waals surface area contributed by atoms with Crippen molar-refractivity contribution in [1.82, 2.24) is 19.6 Å². The van der Waals surface area contributed by atoms with Crippen LogP contribution in [0.2, 0.25) is 0 Å². The highest BCUT2D eigenvalue weighted by Crippen LogP contribution is 2.15. The van der Waals surface area contributed by atoms with E-state index in [2.05, 4.69) is 15.5 Å². The lowest BCUT2D eigenvalue weighted by atomic mass is 10.4. The van der Waals surface area contributed by atoms with Gasteiger partial charge in [-0.3, -0.25) is 0 Å². The van der Waals surface area contributed by atoms with E-state index in [0.29, 0.717) is 10.4 Å². The van der Waals surface area contributed by atoms with Crippen molar-refractivity contribution in [3.8, 4) is 0 Å². The van der Waals surface area contributed by atoms with Gasteiger partial charge in [-0.2, -0.15) is 19.0 Å². The van der Waals surface area contributed by atoms with Crippen molar-refractivity contribution in [1.29, 1.82) is 0 Å². The Hall–Kier alpha value is -1.92. The molecular weight excluding hydrogens is 240 g/mol. The maximum Gasteiger partial charge on any atom is 0.333 e. The Balaban J connectivity index is 2.09. The summed E-state index contributed by atoms with van der Waals surface area (Å²) in [5.74, 6) is 0.817. The molecule has 0 atom stereocenters. The van der Waals surface area contributed by atoms with E-state index in [1.54, 1.807) is 10.7 Å². The molecule has 0 fully saturated rings. The van der Waals surface area contributed by atoms with Gasteiger partial charge in [0, 0.05) is 18.8 Å². The lowest BCUT2D eigenvalue weighted by molar-refractivity contribution is 0.0537. The van der Waals surface area contributed by atoms with Crippen molar-refractivity contribution >= 4 is 5.82 Å². The number of rotatable bonds is 5. The summed E-state index contributed by atoms with van der Waals surface area (Å²) in [6.45, 7) is 2.26. The van der Waals surface area contributed by atoms with E-state index in [1.165, 1.54) is 6.20 Å². The molecule has 0 amide bonds. The van der Waals surface area contributed by atoms with Crippen LogP contribution in [0.25, 0.3) is 0 Å². The predicted molar refractivity (Wildman–Crippen MR) is 63.4 cm³/mol. The van der Waals surface area contributed by atoms with Crippen molar-refractivity contribution in [2.24, 2.45) is 0 Å². The zero-order chi connectivity index (χ0) is 13.1. The highest BCUT2D eigenvalue weighted by atomic mass is 19.3. The van der Waals surface area contributed by atoms with Gasteiger partial charge >= 0.3 is 6.55 Å². The van der Waals surface area contributed by atoms with Crippen LogP contribution in [0.3, 0.4) is 0 Å². The number of nitrogens with one attached hydrogen (secondary N) is 1. The molecule has 18 heavy (non-hydrogen) atoms. The van der Waals surface area contributed by atoms with Crippen LogP contribution in [-0.2, 0) is 13.1 Å². The molecule has 0 spiro atoms. The van der Waals surface area contributed by atoms with Crippen LogP contribution >= 0.6 is 0 Å². The lowest BCUT2D eigenvalue weighted by Crippen LogP contribution is -2.12. The predicted octanol–water partition coefficient (Wildman–Crippen LogP) is 2.42. The minimum atomic E-state index is -2.62. The molecule has 0 aliphatic carbocycles. The number of alkyl halides is 2. The van der Waals surface area contributed by atoms with E-state index in [-0.39, 0.29) is 6.54 Å². The highest BCUT2D eigenvalue weighted by molar-refractivity contribution is 5.37. The summed E-state index contributed by atoms with van der Waals surface area (Å²) in [6.07, 6.45) is 1.37. The molecule has 7 heteroatoms. The standard InChI is InChI=1S/C11H15F2N5/c1-3-17-10(6-8(2)16-17)14-7-9-4-5-15-18(9)11(12)13/h4-6,11,14H,3,7H2,1-2H3. The summed E-state index contributed by atoms with van der Waals surface area (Å²) in [7, 11) is 0. The molecule has 0 aliphatic rings. The van der Waals surface area contributed by atoms with E-state index >= 15 is 0 Å². The Morgan fingerprint density at radius 3 is 2.89 bits per heavy atom. The van der Waals surface area contributed by atoms with E-state index < -0.39 is 6.55 Å². The van der Waals surface area contributed by atoms with Crippen LogP contribution < -0.4 is 5.32 Å². The Bertz CT molecular complexity index is 517. The summed E-state index contributed by atoms with van der Waals surface area (Å²) < 4.78 is 27.7. The SMILES string of the molecule is CCn1nc(C)cc1NCc1ccnn1C(F)F. The van der Waals surface area contributed by atoms with E-state index in [9.17, 15) is 8.78 Å². The summed E-state index contributed by atoms with van der Waals surface area (Å²) in [5, 5.41) is 10.9. The van der Waals surface area contributed by atoms with Gasteiger partial charge in [0.2, 0.25) is 0 Å². The highest BCUT2D eigenvalue weighted by Gasteiger charge is 2.12. The molecule has 2 rings (SSSR count). The number of hydrogen-bond acceptors (Lipinski definition) is 3. The van der Waals surface area contributed by atoms with Crippen molar-refractivity contribution in [3.05, 3.63) is 29.7 Å². The Morgan fingerprint density at radius 1 is 1.44 bits per heavy atom. The summed E-state index contributed by atoms with van der Waals surface area (Å²) in [4.78, 5) is 0. The van der Waals surface area contributed by atoms with Crippen molar-refractivity contribution in [2.45, 2.75) is 33.5 Å². The number of nitrogens with zero attached hydrogens (tertiary/aromatic N) is 4. The number of anilines is 1. The number of aryl methyl sites for hydroxylation is 2. The molecule has 98 valence electrons. The van der Waals surface area contributed by atoms with Gasteiger partial charge in [0.25, 0.3) is 0 Å². The normalized spacial score (nSPS) is 11.2. The van der Waals surface area contributed by atoms with Crippen LogP contribution in [0.4, 0.5) is 14.6 Å². The van der Waals surface area contributed by atoms with Gasteiger partial charge in [0.05, 0.1) is 17.9 Å². The lowest BCUT2D eigenvalue weighted by Gasteiger charge is -2.09. The van der Waals surface area contributed by atoms with Gasteiger partial charge in [-0.25, -0.2) is 9.36 Å². The molecule has 0 aromatic carbocycles. The Morgan fingerprint density at radius 2 is 2.22 bits per heavy atom. The topological polar surface area (TPSA) is 47.7 Å². The first-order chi connectivity index (χ1) is 8.61. The van der Waals surface area contributed by atoms with Gasteiger partial charge in [0.1, 0.15) is 5.82 Å². The first kappa shape index (κ1) is 12.5. The van der Waals surface area contributed by atoms with E-state index in [4.69, 9.17) is 0 Å². The molecule has 0 radical (unpaired) electrons. The Labute approximate surface area is 103 Å². The molecule has 0 saturated carbocycles. The third kappa shape index (κ3) is 2.49. The minimum Gasteiger partial charge on any atom is -0.365 e. The monoisotopic (exact) mass is 255 g/mol. The summed E-state index contributed by atoms with van der Waals surface area (Å²) >= 11 is 0. The molecule has 2 aromatic heterocycles. The van der Waals surface area contributed by atoms with Gasteiger partial charge < -0.3 is 5.32 Å². The maximum atomic E-state index is 12.6. The smallest absolute Gasteiger partial charge is 0.333 e. The van der Waals surface area contributed by atoms with E-state index in [1.807, 2.05) is 19.9 Å². The number of halogens is 2. The van der Waals surface area contributed by atoms with Gasteiger partial charge in [-0.05, 0) is 19.9 Å². The molecule has 1 N–H and O–H groups in total. The molecule has 2 heterocycles. The second-order valence-corrected chi connectivity index (χ2v) is 3.89. The maximum absolute atomic E-state index is 12.6. The Kier molecular flexibility index (Phi) is 3.59. The average Bonchev–Trinajstić information content (AvgIpc) is 2.92. The van der Waals surface area contributed by atoms with Crippen molar-refractivity contribution in [2.75, 3.05) is 5.32 Å². The van der Waals surface area contributed by atoms with Crippen LogP contribution in [-0.4, -0.2) is 19.6 Å². The summed E-state index contributed by atoms with van der Waals surface area (Å²) in [6, 6.07) is 3.45. The number of hydrogen-bond donors (Lipinski definition) is 1. The molecule has 2 aromatic rings. The fourth-order valence-corrected chi connectivity index (χ4v) is 1.77. The minimum absolute atomic E-state index is 0.287. The largest absolute Gasteiger partial charge is 0.365 e. The van der Waals surface area contributed by atoms with E-state index in [0.717, 1.165) is 18.1 Å². The van der Waals surface area contributed by atoms with Crippen LogP contribution in [0.1, 0.15) is 24.9 Å². The molecule has 0 bridgehead atoms. The molecule has 5 nitrogen and oxygen atoms in total. The third-order valence-electron chi connectivity index (χ3n) is 2.59. The van der Waals surface area contributed by atoms with Crippen molar-refractivity contribution < 1.29 is 8.78 Å². The summed E-state index contributed by atoms with van der Waals surface area (Å²) in [5.41, 5.74) is 1.33. The fraction of sp³-hybridized carbons (Fsp3) is 0.455. The fourth-order valence-electron chi connectivity index (χ4n) is 1.77. The van der Waals surface area contributed by atoms with Gasteiger partial charge in [-0.1, -0.05) is 0 Å². The third-order valence-corrected chi connectivity index (χ3v) is 2.59. The first-order valence-electron chi connectivity index (χ1n) is 5.70. The first-order valence-corrected chi connectivity index (χ1v) is 5.70. The number of aromatic nitrogens is 4. The zero-order valence-electron chi connectivity index (χ0n) is 10.3. The van der Waals surface area contributed by atoms with Crippen LogP contribution in [0, 0.1) is 6.92 Å². The van der Waals surface area contributed by atoms with Gasteiger partial charge in [-0.15, -0.1) is 0 Å². The van der Waals surface area contributed by atoms with Crippen LogP contribution in [0.15, 0.2) is 18.3 Å². The average molecular weight is 255 g/mol. The molecular formula is C11H15F2N5. The molecule has 0 saturated heterocycles.